The summed E-state index contributed by atoms with van der Waals surface area (Å²) in [5, 5.41) is 4.15. The molecule has 1 aromatic carbocycles. The predicted octanol–water partition coefficient (Wildman–Crippen LogP) is 3.35. The molecule has 2 saturated heterocycles. The Hall–Kier alpha value is -2.48. The van der Waals surface area contributed by atoms with Gasteiger partial charge in [0.15, 0.2) is 12.4 Å². The van der Waals surface area contributed by atoms with Crippen molar-refractivity contribution in [1.82, 2.24) is 15.0 Å². The molecule has 2 aliphatic rings. The lowest BCUT2D eigenvalue weighted by molar-refractivity contribution is -0.134. The molecule has 3 heterocycles. The molecule has 162 valence electrons. The number of rotatable bonds is 7. The first-order chi connectivity index (χ1) is 14.7. The summed E-state index contributed by atoms with van der Waals surface area (Å²) in [4.78, 5) is 18.8. The standard InChI is InChI=1S/C22H28FN3O4/c23-18-2-4-19(5-3-18)29-15-21(27)26-11-7-16(8-12-26)1-6-20-24-22(30-25-20)17-9-13-28-14-10-17/h2-5,16-17H,1,6-15H2. The number of aryl methyl sites for hydroxylation is 1. The maximum atomic E-state index is 12.9. The van der Waals surface area contributed by atoms with Gasteiger partial charge in [-0.1, -0.05) is 5.16 Å². The highest BCUT2D eigenvalue weighted by atomic mass is 19.1. The third-order valence-electron chi connectivity index (χ3n) is 5.97. The minimum absolute atomic E-state index is 0.0197. The molecule has 2 aromatic rings. The average Bonchev–Trinajstić information content (AvgIpc) is 3.27. The van der Waals surface area contributed by atoms with Crippen molar-refractivity contribution in [3.8, 4) is 5.75 Å². The zero-order valence-corrected chi connectivity index (χ0v) is 17.1. The highest BCUT2D eigenvalue weighted by Crippen LogP contribution is 2.26. The smallest absolute Gasteiger partial charge is 0.260 e. The highest BCUT2D eigenvalue weighted by molar-refractivity contribution is 5.77. The second kappa shape index (κ2) is 10.0. The van der Waals surface area contributed by atoms with Crippen LogP contribution in [0.15, 0.2) is 28.8 Å². The van der Waals surface area contributed by atoms with E-state index in [0.29, 0.717) is 17.6 Å². The molecule has 0 aliphatic carbocycles. The first-order valence-electron chi connectivity index (χ1n) is 10.7. The molecule has 7 nitrogen and oxygen atoms in total. The Kier molecular flexibility index (Phi) is 6.94. The van der Waals surface area contributed by atoms with Gasteiger partial charge in [0.2, 0.25) is 5.89 Å². The summed E-state index contributed by atoms with van der Waals surface area (Å²) in [6.07, 6.45) is 5.62. The molecule has 0 atom stereocenters. The van der Waals surface area contributed by atoms with Crippen LogP contribution in [0.4, 0.5) is 4.39 Å². The van der Waals surface area contributed by atoms with E-state index in [1.807, 2.05) is 4.90 Å². The summed E-state index contributed by atoms with van der Waals surface area (Å²) in [5.41, 5.74) is 0. The predicted molar refractivity (Wildman–Crippen MR) is 107 cm³/mol. The topological polar surface area (TPSA) is 77.7 Å². The lowest BCUT2D eigenvalue weighted by Gasteiger charge is -2.31. The summed E-state index contributed by atoms with van der Waals surface area (Å²) < 4.78 is 29.2. The third kappa shape index (κ3) is 5.56. The molecule has 1 amide bonds. The number of halogens is 1. The SMILES string of the molecule is O=C(COc1ccc(F)cc1)N1CCC(CCc2noc(C3CCOCC3)n2)CC1. The Balaban J connectivity index is 1.16. The van der Waals surface area contributed by atoms with Gasteiger partial charge in [0, 0.05) is 38.6 Å². The molecule has 0 radical (unpaired) electrons. The zero-order valence-electron chi connectivity index (χ0n) is 17.1. The molecule has 4 rings (SSSR count). The molecular formula is C22H28FN3O4. The molecule has 0 unspecified atom stereocenters. The molecule has 30 heavy (non-hydrogen) atoms. The number of piperidine rings is 1. The van der Waals surface area contributed by atoms with Crippen LogP contribution in [0.3, 0.4) is 0 Å². The third-order valence-corrected chi connectivity index (χ3v) is 5.97. The molecule has 0 saturated carbocycles. The van der Waals surface area contributed by atoms with Crippen molar-refractivity contribution in [3.05, 3.63) is 41.8 Å². The van der Waals surface area contributed by atoms with Crippen molar-refractivity contribution in [2.24, 2.45) is 5.92 Å². The van der Waals surface area contributed by atoms with Crippen molar-refractivity contribution in [2.45, 2.75) is 44.4 Å². The van der Waals surface area contributed by atoms with E-state index in [-0.39, 0.29) is 18.3 Å². The van der Waals surface area contributed by atoms with Gasteiger partial charge in [-0.3, -0.25) is 4.79 Å². The van der Waals surface area contributed by atoms with E-state index in [2.05, 4.69) is 10.1 Å². The maximum Gasteiger partial charge on any atom is 0.260 e. The van der Waals surface area contributed by atoms with Crippen LogP contribution < -0.4 is 4.74 Å². The summed E-state index contributed by atoms with van der Waals surface area (Å²) in [6.45, 7) is 2.96. The van der Waals surface area contributed by atoms with Gasteiger partial charge in [0.1, 0.15) is 11.6 Å². The van der Waals surface area contributed by atoms with Crippen LogP contribution in [0.25, 0.3) is 0 Å². The second-order valence-corrected chi connectivity index (χ2v) is 8.04. The van der Waals surface area contributed by atoms with Gasteiger partial charge in [-0.05, 0) is 62.3 Å². The van der Waals surface area contributed by atoms with E-state index in [9.17, 15) is 9.18 Å². The Morgan fingerprint density at radius 3 is 2.60 bits per heavy atom. The maximum absolute atomic E-state index is 12.9. The molecular weight excluding hydrogens is 389 g/mol. The number of hydrogen-bond donors (Lipinski definition) is 0. The first-order valence-corrected chi connectivity index (χ1v) is 10.7. The van der Waals surface area contributed by atoms with E-state index < -0.39 is 0 Å². The van der Waals surface area contributed by atoms with Gasteiger partial charge in [-0.15, -0.1) is 0 Å². The lowest BCUT2D eigenvalue weighted by Crippen LogP contribution is -2.41. The highest BCUT2D eigenvalue weighted by Gasteiger charge is 2.25. The van der Waals surface area contributed by atoms with Crippen LogP contribution in [-0.2, 0) is 16.0 Å². The number of ether oxygens (including phenoxy) is 2. The van der Waals surface area contributed by atoms with Crippen molar-refractivity contribution in [3.63, 3.8) is 0 Å². The van der Waals surface area contributed by atoms with Crippen LogP contribution in [-0.4, -0.2) is 53.9 Å². The van der Waals surface area contributed by atoms with Crippen LogP contribution >= 0.6 is 0 Å². The number of hydrogen-bond acceptors (Lipinski definition) is 6. The molecule has 0 spiro atoms. The van der Waals surface area contributed by atoms with Gasteiger partial charge in [0.05, 0.1) is 0 Å². The van der Waals surface area contributed by atoms with Crippen molar-refractivity contribution >= 4 is 5.91 Å². The molecule has 0 N–H and O–H groups in total. The lowest BCUT2D eigenvalue weighted by atomic mass is 9.92. The number of carbonyl (C=O) groups is 1. The van der Waals surface area contributed by atoms with Crippen molar-refractivity contribution in [2.75, 3.05) is 32.9 Å². The quantitative estimate of drug-likeness (QED) is 0.688. The number of likely N-dealkylation sites (tertiary alicyclic amines) is 1. The van der Waals surface area contributed by atoms with E-state index >= 15 is 0 Å². The molecule has 2 fully saturated rings. The van der Waals surface area contributed by atoms with Crippen molar-refractivity contribution < 1.29 is 23.2 Å². The van der Waals surface area contributed by atoms with Gasteiger partial charge < -0.3 is 18.9 Å². The molecule has 0 bridgehead atoms. The summed E-state index contributed by atoms with van der Waals surface area (Å²) in [5.74, 6) is 2.55. The fourth-order valence-corrected chi connectivity index (χ4v) is 4.05. The number of amides is 1. The second-order valence-electron chi connectivity index (χ2n) is 8.04. The number of nitrogens with zero attached hydrogens (tertiary/aromatic N) is 3. The first kappa shape index (κ1) is 20.8. The number of carbonyl (C=O) groups excluding carboxylic acids is 1. The summed E-state index contributed by atoms with van der Waals surface area (Å²) in [6, 6.07) is 5.70. The fourth-order valence-electron chi connectivity index (χ4n) is 4.05. The van der Waals surface area contributed by atoms with Crippen LogP contribution in [0.1, 0.15) is 49.7 Å². The number of aromatic nitrogens is 2. The Morgan fingerprint density at radius 1 is 1.13 bits per heavy atom. The normalized spacial score (nSPS) is 18.5. The fraction of sp³-hybridized carbons (Fsp3) is 0.591. The number of benzene rings is 1. The summed E-state index contributed by atoms with van der Waals surface area (Å²) >= 11 is 0. The molecule has 1 aromatic heterocycles. The molecule has 8 heteroatoms. The van der Waals surface area contributed by atoms with Gasteiger partial charge >= 0.3 is 0 Å². The van der Waals surface area contributed by atoms with Crippen LogP contribution in [0.2, 0.25) is 0 Å². The van der Waals surface area contributed by atoms with Gasteiger partial charge in [-0.2, -0.15) is 4.98 Å². The average molecular weight is 417 g/mol. The van der Waals surface area contributed by atoms with Gasteiger partial charge in [-0.25, -0.2) is 4.39 Å². The molecule has 2 aliphatic heterocycles. The largest absolute Gasteiger partial charge is 0.484 e. The van der Waals surface area contributed by atoms with Gasteiger partial charge in [0.25, 0.3) is 5.91 Å². The van der Waals surface area contributed by atoms with Crippen LogP contribution in [0, 0.1) is 11.7 Å². The van der Waals surface area contributed by atoms with E-state index in [4.69, 9.17) is 14.0 Å². The summed E-state index contributed by atoms with van der Waals surface area (Å²) in [7, 11) is 0. The Labute approximate surface area is 175 Å². The van der Waals surface area contributed by atoms with E-state index in [1.165, 1.54) is 24.3 Å². The van der Waals surface area contributed by atoms with E-state index in [1.54, 1.807) is 0 Å². The Bertz CT molecular complexity index is 812. The minimum atomic E-state index is -0.323. The Morgan fingerprint density at radius 2 is 1.87 bits per heavy atom. The van der Waals surface area contributed by atoms with Crippen LogP contribution in [0.5, 0.6) is 5.75 Å². The monoisotopic (exact) mass is 417 g/mol. The van der Waals surface area contributed by atoms with E-state index in [0.717, 1.165) is 76.5 Å². The minimum Gasteiger partial charge on any atom is -0.484 e. The van der Waals surface area contributed by atoms with Crippen molar-refractivity contribution in [1.29, 1.82) is 0 Å². The zero-order chi connectivity index (χ0) is 20.8.